The average Bonchev–Trinajstić information content (AvgIpc) is 2.53. The second-order valence-corrected chi connectivity index (χ2v) is 7.44. The molecule has 2 amide bonds. The third-order valence-corrected chi connectivity index (χ3v) is 4.07. The molecule has 1 heterocycles. The number of halogens is 1. The first-order valence-corrected chi connectivity index (χ1v) is 8.75. The van der Waals surface area contributed by atoms with Gasteiger partial charge in [0.05, 0.1) is 0 Å². The molecule has 1 aromatic carbocycles. The lowest BCUT2D eigenvalue weighted by Crippen LogP contribution is -2.47. The van der Waals surface area contributed by atoms with Crippen molar-refractivity contribution in [2.24, 2.45) is 0 Å². The number of amides is 2. The van der Waals surface area contributed by atoms with Crippen LogP contribution in [0.2, 0.25) is 0 Å². The molecule has 1 saturated heterocycles. The van der Waals surface area contributed by atoms with Gasteiger partial charge >= 0.3 is 6.09 Å². The van der Waals surface area contributed by atoms with Crippen molar-refractivity contribution >= 4 is 12.0 Å². The molecule has 0 unspecified atom stereocenters. The van der Waals surface area contributed by atoms with E-state index in [2.05, 4.69) is 5.32 Å². The number of hydrogen-bond donors (Lipinski definition) is 1. The monoisotopic (exact) mass is 350 g/mol. The van der Waals surface area contributed by atoms with Gasteiger partial charge in [-0.1, -0.05) is 12.1 Å². The van der Waals surface area contributed by atoms with Crippen LogP contribution in [0.3, 0.4) is 0 Å². The third kappa shape index (κ3) is 6.72. The summed E-state index contributed by atoms with van der Waals surface area (Å²) in [5.74, 6) is -0.287. The number of nitrogens with one attached hydrogen (secondary N) is 1. The second-order valence-electron chi connectivity index (χ2n) is 7.44. The number of aryl methyl sites for hydroxylation is 1. The molecule has 138 valence electrons. The van der Waals surface area contributed by atoms with E-state index in [0.717, 1.165) is 18.4 Å². The Labute approximate surface area is 148 Å². The first kappa shape index (κ1) is 19.2. The molecule has 1 N–H and O–H groups in total. The summed E-state index contributed by atoms with van der Waals surface area (Å²) >= 11 is 0. The standard InChI is InChI=1S/C19H27FN2O3/c1-19(2,3)25-18(24)22-12-10-16(11-13-22)21-17(23)9-6-14-4-7-15(20)8-5-14/h4-5,7-8,16H,6,9-13H2,1-3H3,(H,21,23). The van der Waals surface area contributed by atoms with Crippen molar-refractivity contribution in [3.05, 3.63) is 35.6 Å². The lowest BCUT2D eigenvalue weighted by Gasteiger charge is -2.33. The summed E-state index contributed by atoms with van der Waals surface area (Å²) in [6.07, 6.45) is 2.11. The van der Waals surface area contributed by atoms with E-state index in [1.165, 1.54) is 12.1 Å². The first-order chi connectivity index (χ1) is 11.7. The van der Waals surface area contributed by atoms with Crippen molar-refractivity contribution < 1.29 is 18.7 Å². The Hall–Kier alpha value is -2.11. The molecular formula is C19H27FN2O3. The smallest absolute Gasteiger partial charge is 0.410 e. The fraction of sp³-hybridized carbons (Fsp3) is 0.579. The van der Waals surface area contributed by atoms with E-state index in [0.29, 0.717) is 25.9 Å². The van der Waals surface area contributed by atoms with Gasteiger partial charge in [-0.25, -0.2) is 9.18 Å². The fourth-order valence-electron chi connectivity index (χ4n) is 2.74. The average molecular weight is 350 g/mol. The Bertz CT molecular complexity index is 588. The molecule has 0 saturated carbocycles. The van der Waals surface area contributed by atoms with Gasteiger partial charge in [0, 0.05) is 25.6 Å². The molecule has 0 spiro atoms. The van der Waals surface area contributed by atoms with Gasteiger partial charge in [0.2, 0.25) is 5.91 Å². The van der Waals surface area contributed by atoms with E-state index in [4.69, 9.17) is 4.74 Å². The van der Waals surface area contributed by atoms with Crippen molar-refractivity contribution in [1.29, 1.82) is 0 Å². The summed E-state index contributed by atoms with van der Waals surface area (Å²) in [7, 11) is 0. The predicted octanol–water partition coefficient (Wildman–Crippen LogP) is 3.27. The molecule has 0 radical (unpaired) electrons. The van der Waals surface area contributed by atoms with Crippen LogP contribution in [0.25, 0.3) is 0 Å². The van der Waals surface area contributed by atoms with Gasteiger partial charge in [0.15, 0.2) is 0 Å². The van der Waals surface area contributed by atoms with E-state index in [1.807, 2.05) is 20.8 Å². The maximum absolute atomic E-state index is 12.9. The second kappa shape index (κ2) is 8.32. The molecule has 1 aliphatic heterocycles. The highest BCUT2D eigenvalue weighted by molar-refractivity contribution is 5.76. The van der Waals surface area contributed by atoms with Gasteiger partial charge in [0.1, 0.15) is 11.4 Å². The van der Waals surface area contributed by atoms with Gasteiger partial charge in [-0.15, -0.1) is 0 Å². The minimum atomic E-state index is -0.498. The summed E-state index contributed by atoms with van der Waals surface area (Å²) in [5, 5.41) is 3.02. The van der Waals surface area contributed by atoms with Crippen molar-refractivity contribution in [3.8, 4) is 0 Å². The minimum Gasteiger partial charge on any atom is -0.444 e. The summed E-state index contributed by atoms with van der Waals surface area (Å²) in [6, 6.07) is 6.28. The number of rotatable bonds is 4. The quantitative estimate of drug-likeness (QED) is 0.907. The van der Waals surface area contributed by atoms with E-state index < -0.39 is 5.60 Å². The number of likely N-dealkylation sites (tertiary alicyclic amines) is 1. The van der Waals surface area contributed by atoms with E-state index in [9.17, 15) is 14.0 Å². The van der Waals surface area contributed by atoms with E-state index >= 15 is 0 Å². The molecule has 6 heteroatoms. The Morgan fingerprint density at radius 1 is 1.20 bits per heavy atom. The zero-order valence-electron chi connectivity index (χ0n) is 15.2. The van der Waals surface area contributed by atoms with Crippen LogP contribution in [0, 0.1) is 5.82 Å². The number of hydrogen-bond acceptors (Lipinski definition) is 3. The first-order valence-electron chi connectivity index (χ1n) is 8.75. The Morgan fingerprint density at radius 3 is 2.36 bits per heavy atom. The van der Waals surface area contributed by atoms with Gasteiger partial charge < -0.3 is 15.0 Å². The molecule has 0 aromatic heterocycles. The summed E-state index contributed by atoms with van der Waals surface area (Å²) in [5.41, 5.74) is 0.443. The molecule has 1 aromatic rings. The molecule has 5 nitrogen and oxygen atoms in total. The molecule has 0 bridgehead atoms. The highest BCUT2D eigenvalue weighted by Gasteiger charge is 2.27. The van der Waals surface area contributed by atoms with E-state index in [-0.39, 0.29) is 23.9 Å². The highest BCUT2D eigenvalue weighted by Crippen LogP contribution is 2.15. The van der Waals surface area contributed by atoms with Gasteiger partial charge in [-0.05, 0) is 57.7 Å². The zero-order chi connectivity index (χ0) is 18.4. The Balaban J connectivity index is 1.69. The Kier molecular flexibility index (Phi) is 6.39. The fourth-order valence-corrected chi connectivity index (χ4v) is 2.74. The maximum Gasteiger partial charge on any atom is 0.410 e. The molecule has 1 aliphatic rings. The summed E-state index contributed by atoms with van der Waals surface area (Å²) in [4.78, 5) is 25.8. The van der Waals surface area contributed by atoms with Crippen LogP contribution >= 0.6 is 0 Å². The van der Waals surface area contributed by atoms with Crippen molar-refractivity contribution in [1.82, 2.24) is 10.2 Å². The van der Waals surface area contributed by atoms with Crippen LogP contribution in [0.1, 0.15) is 45.6 Å². The summed E-state index contributed by atoms with van der Waals surface area (Å²) in [6.45, 7) is 6.70. The van der Waals surface area contributed by atoms with Crippen molar-refractivity contribution in [3.63, 3.8) is 0 Å². The Morgan fingerprint density at radius 2 is 1.80 bits per heavy atom. The van der Waals surface area contributed by atoms with Crippen LogP contribution in [-0.4, -0.2) is 41.6 Å². The highest BCUT2D eigenvalue weighted by atomic mass is 19.1. The zero-order valence-corrected chi connectivity index (χ0v) is 15.2. The topological polar surface area (TPSA) is 58.6 Å². The number of benzene rings is 1. The van der Waals surface area contributed by atoms with Gasteiger partial charge in [-0.2, -0.15) is 0 Å². The molecule has 25 heavy (non-hydrogen) atoms. The van der Waals surface area contributed by atoms with Crippen LogP contribution in [0.5, 0.6) is 0 Å². The van der Waals surface area contributed by atoms with Gasteiger partial charge in [-0.3, -0.25) is 4.79 Å². The third-order valence-electron chi connectivity index (χ3n) is 4.07. The normalized spacial score (nSPS) is 15.8. The number of nitrogens with zero attached hydrogens (tertiary/aromatic N) is 1. The number of carbonyl (C=O) groups excluding carboxylic acids is 2. The summed E-state index contributed by atoms with van der Waals surface area (Å²) < 4.78 is 18.2. The van der Waals surface area contributed by atoms with Crippen molar-refractivity contribution in [2.75, 3.05) is 13.1 Å². The molecular weight excluding hydrogens is 323 g/mol. The minimum absolute atomic E-state index is 0.0138. The molecule has 1 fully saturated rings. The van der Waals surface area contributed by atoms with Gasteiger partial charge in [0.25, 0.3) is 0 Å². The number of carbonyl (C=O) groups is 2. The number of ether oxygens (including phenoxy) is 1. The lowest BCUT2D eigenvalue weighted by atomic mass is 10.0. The maximum atomic E-state index is 12.9. The van der Waals surface area contributed by atoms with Crippen LogP contribution in [0.4, 0.5) is 9.18 Å². The number of piperidine rings is 1. The SMILES string of the molecule is CC(C)(C)OC(=O)N1CCC(NC(=O)CCc2ccc(F)cc2)CC1. The molecule has 0 atom stereocenters. The van der Waals surface area contributed by atoms with Crippen LogP contribution < -0.4 is 5.32 Å². The lowest BCUT2D eigenvalue weighted by molar-refractivity contribution is -0.122. The van der Waals surface area contributed by atoms with Crippen LogP contribution in [-0.2, 0) is 16.0 Å². The largest absolute Gasteiger partial charge is 0.444 e. The van der Waals surface area contributed by atoms with Crippen LogP contribution in [0.15, 0.2) is 24.3 Å². The van der Waals surface area contributed by atoms with E-state index in [1.54, 1.807) is 17.0 Å². The molecule has 2 rings (SSSR count). The van der Waals surface area contributed by atoms with Crippen molar-refractivity contribution in [2.45, 2.75) is 58.1 Å². The molecule has 0 aliphatic carbocycles. The predicted molar refractivity (Wildman–Crippen MR) is 93.7 cm³/mol.